The molecule has 0 aromatic heterocycles. The van der Waals surface area contributed by atoms with Gasteiger partial charge in [0.25, 0.3) is 15.9 Å². The predicted octanol–water partition coefficient (Wildman–Crippen LogP) is 1.71. The van der Waals surface area contributed by atoms with E-state index in [9.17, 15) is 31.2 Å². The van der Waals surface area contributed by atoms with E-state index >= 15 is 0 Å². The monoisotopic (exact) mass is 441 g/mol. The second-order valence-electron chi connectivity index (χ2n) is 6.13. The fourth-order valence-electron chi connectivity index (χ4n) is 2.54. The molecule has 0 saturated carbocycles. The van der Waals surface area contributed by atoms with Crippen molar-refractivity contribution < 1.29 is 35.9 Å². The lowest BCUT2D eigenvalue weighted by Crippen LogP contribution is -2.29. The summed E-state index contributed by atoms with van der Waals surface area (Å²) in [4.78, 5) is 27.8. The summed E-state index contributed by atoms with van der Waals surface area (Å²) in [5.74, 6) is -6.79. The Balaban J connectivity index is 1.62. The van der Waals surface area contributed by atoms with Gasteiger partial charge in [0.05, 0.1) is 10.6 Å². The van der Waals surface area contributed by atoms with Gasteiger partial charge >= 0.3 is 5.97 Å². The number of anilines is 1. The van der Waals surface area contributed by atoms with Crippen LogP contribution in [0.4, 0.5) is 18.9 Å². The first kappa shape index (κ1) is 21.3. The highest BCUT2D eigenvalue weighted by Gasteiger charge is 2.31. The van der Waals surface area contributed by atoms with Crippen molar-refractivity contribution in [1.29, 1.82) is 0 Å². The molecule has 2 aromatic carbocycles. The highest BCUT2D eigenvalue weighted by Crippen LogP contribution is 2.23. The summed E-state index contributed by atoms with van der Waals surface area (Å²) in [6, 6.07) is 6.28. The van der Waals surface area contributed by atoms with Gasteiger partial charge in [0.1, 0.15) is 11.9 Å². The molecule has 0 unspecified atom stereocenters. The molecule has 8 nitrogen and oxygen atoms in total. The van der Waals surface area contributed by atoms with Crippen molar-refractivity contribution in [2.75, 3.05) is 11.9 Å². The summed E-state index contributed by atoms with van der Waals surface area (Å²) in [5, 5.41) is 1.94. The Kier molecular flexibility index (Phi) is 5.78. The number of nitrogens with one attached hydrogen (secondary N) is 2. The second-order valence-corrected chi connectivity index (χ2v) is 7.78. The van der Waals surface area contributed by atoms with Crippen LogP contribution < -0.4 is 10.0 Å². The van der Waals surface area contributed by atoms with E-state index in [1.165, 1.54) is 25.1 Å². The van der Waals surface area contributed by atoms with Crippen LogP contribution in [0.25, 0.3) is 0 Å². The lowest BCUT2D eigenvalue weighted by molar-refractivity contribution is -0.148. The van der Waals surface area contributed by atoms with Crippen molar-refractivity contribution in [3.8, 4) is 0 Å². The highest BCUT2D eigenvalue weighted by atomic mass is 32.2. The molecular formula is C18H14F3N3O5S. The fourth-order valence-corrected chi connectivity index (χ4v) is 3.78. The number of carbonyl (C=O) groups is 2. The lowest BCUT2D eigenvalue weighted by atomic mass is 10.2. The topological polar surface area (TPSA) is 114 Å². The van der Waals surface area contributed by atoms with Gasteiger partial charge in [-0.1, -0.05) is 12.1 Å². The van der Waals surface area contributed by atoms with Crippen LogP contribution in [0.3, 0.4) is 0 Å². The van der Waals surface area contributed by atoms with Crippen LogP contribution in [0, 0.1) is 17.5 Å². The minimum atomic E-state index is -3.79. The number of hydrogen-bond acceptors (Lipinski definition) is 6. The average Bonchev–Trinajstić information content (AvgIpc) is 2.97. The first-order valence-corrected chi connectivity index (χ1v) is 9.88. The number of carbonyl (C=O) groups excluding carboxylic acids is 2. The van der Waals surface area contributed by atoms with Crippen LogP contribution in [-0.2, 0) is 24.3 Å². The maximum Gasteiger partial charge on any atom is 0.331 e. The van der Waals surface area contributed by atoms with Crippen molar-refractivity contribution in [3.63, 3.8) is 0 Å². The van der Waals surface area contributed by atoms with E-state index in [4.69, 9.17) is 4.74 Å². The van der Waals surface area contributed by atoms with Crippen molar-refractivity contribution in [2.24, 2.45) is 4.99 Å². The Morgan fingerprint density at radius 3 is 2.57 bits per heavy atom. The number of halogens is 3. The van der Waals surface area contributed by atoms with Crippen molar-refractivity contribution in [1.82, 2.24) is 4.72 Å². The number of amidine groups is 1. The summed E-state index contributed by atoms with van der Waals surface area (Å²) >= 11 is 0. The molecule has 0 bridgehead atoms. The Morgan fingerprint density at radius 2 is 1.83 bits per heavy atom. The highest BCUT2D eigenvalue weighted by molar-refractivity contribution is 7.90. The molecule has 0 spiro atoms. The van der Waals surface area contributed by atoms with Crippen molar-refractivity contribution in [3.05, 3.63) is 59.4 Å². The van der Waals surface area contributed by atoms with Gasteiger partial charge in [0.2, 0.25) is 0 Å². The zero-order valence-electron chi connectivity index (χ0n) is 15.3. The summed E-state index contributed by atoms with van der Waals surface area (Å²) in [6.45, 7) is 0.465. The first-order valence-electron chi connectivity index (χ1n) is 8.40. The number of ether oxygens (including phenoxy) is 1. The van der Waals surface area contributed by atoms with Gasteiger partial charge in [-0.3, -0.25) is 14.5 Å². The van der Waals surface area contributed by atoms with E-state index in [2.05, 4.69) is 9.71 Å². The third kappa shape index (κ3) is 4.27. The zero-order chi connectivity index (χ0) is 22.1. The first-order chi connectivity index (χ1) is 14.1. The number of benzene rings is 2. The number of sulfonamides is 1. The Morgan fingerprint density at radius 1 is 1.13 bits per heavy atom. The molecule has 2 aromatic rings. The smallest absolute Gasteiger partial charge is 0.331 e. The number of amides is 1. The van der Waals surface area contributed by atoms with E-state index in [1.807, 2.05) is 5.32 Å². The summed E-state index contributed by atoms with van der Waals surface area (Å²) in [5.41, 5.74) is -0.344. The molecule has 0 saturated heterocycles. The maximum atomic E-state index is 13.5. The molecule has 1 atom stereocenters. The van der Waals surface area contributed by atoms with Gasteiger partial charge in [0, 0.05) is 5.56 Å². The Labute approximate surface area is 168 Å². The quantitative estimate of drug-likeness (QED) is 0.542. The van der Waals surface area contributed by atoms with Crippen molar-refractivity contribution >= 4 is 33.4 Å². The fraction of sp³-hybridized carbons (Fsp3) is 0.167. The molecule has 3 rings (SSSR count). The van der Waals surface area contributed by atoms with Crippen LogP contribution in [0.5, 0.6) is 0 Å². The van der Waals surface area contributed by atoms with Gasteiger partial charge in [-0.2, -0.15) is 0 Å². The van der Waals surface area contributed by atoms with Crippen molar-refractivity contribution in [2.45, 2.75) is 17.9 Å². The third-order valence-corrected chi connectivity index (χ3v) is 5.38. The maximum absolute atomic E-state index is 13.5. The molecule has 12 heteroatoms. The molecule has 30 heavy (non-hydrogen) atoms. The van der Waals surface area contributed by atoms with E-state index in [1.54, 1.807) is 6.07 Å². The largest absolute Gasteiger partial charge is 0.454 e. The van der Waals surface area contributed by atoms with E-state index in [0.717, 1.165) is 6.07 Å². The van der Waals surface area contributed by atoms with E-state index in [-0.39, 0.29) is 16.3 Å². The second kappa shape index (κ2) is 8.14. The normalized spacial score (nSPS) is 16.5. The SMILES string of the molecule is C[C@@H](N=C1NS(=O)(=O)c2ccccc21)C(=O)OCC(=O)Nc1ccc(F)c(F)c1F. The molecule has 1 aliphatic heterocycles. The number of nitrogens with zero attached hydrogens (tertiary/aromatic N) is 1. The molecule has 0 radical (unpaired) electrons. The summed E-state index contributed by atoms with van der Waals surface area (Å²) in [7, 11) is -3.79. The van der Waals surface area contributed by atoms with Gasteiger partial charge in [-0.15, -0.1) is 0 Å². The van der Waals surface area contributed by atoms with Gasteiger partial charge in [0.15, 0.2) is 24.1 Å². The van der Waals surface area contributed by atoms with Gasteiger partial charge in [-0.25, -0.2) is 26.4 Å². The Bertz CT molecular complexity index is 1170. The molecule has 0 aliphatic carbocycles. The molecule has 0 fully saturated rings. The molecule has 1 amide bonds. The molecular weight excluding hydrogens is 427 g/mol. The van der Waals surface area contributed by atoms with E-state index < -0.39 is 57.7 Å². The number of esters is 1. The predicted molar refractivity (Wildman–Crippen MR) is 98.7 cm³/mol. The zero-order valence-corrected chi connectivity index (χ0v) is 16.1. The number of fused-ring (bicyclic) bond motifs is 1. The minimum Gasteiger partial charge on any atom is -0.454 e. The number of aliphatic imine (C=N–C) groups is 1. The minimum absolute atomic E-state index is 0.0113. The average molecular weight is 441 g/mol. The standard InChI is InChI=1S/C18H14F3N3O5S/c1-9(22-17-10-4-2-3-5-13(10)30(27,28)24-17)18(26)29-8-14(25)23-12-7-6-11(19)15(20)16(12)21/h2-7,9H,8H2,1H3,(H,22,24)(H,23,25)/t9-/m1/s1. The van der Waals surface area contributed by atoms with Gasteiger partial charge < -0.3 is 10.1 Å². The third-order valence-electron chi connectivity index (χ3n) is 3.98. The van der Waals surface area contributed by atoms with Crippen LogP contribution in [0.2, 0.25) is 0 Å². The Hall–Kier alpha value is -3.41. The van der Waals surface area contributed by atoms with Crippen LogP contribution >= 0.6 is 0 Å². The molecule has 1 heterocycles. The van der Waals surface area contributed by atoms with Crippen LogP contribution in [-0.4, -0.2) is 38.8 Å². The molecule has 2 N–H and O–H groups in total. The molecule has 158 valence electrons. The summed E-state index contributed by atoms with van der Waals surface area (Å²) in [6.07, 6.45) is 0. The molecule has 1 aliphatic rings. The lowest BCUT2D eigenvalue weighted by Gasteiger charge is -2.10. The van der Waals surface area contributed by atoms with Crippen LogP contribution in [0.15, 0.2) is 46.3 Å². The van der Waals surface area contributed by atoms with Crippen LogP contribution in [0.1, 0.15) is 12.5 Å². The van der Waals surface area contributed by atoms with E-state index in [0.29, 0.717) is 6.07 Å². The van der Waals surface area contributed by atoms with Gasteiger partial charge in [-0.05, 0) is 31.2 Å². The summed E-state index contributed by atoms with van der Waals surface area (Å²) < 4.78 is 70.7. The number of hydrogen-bond donors (Lipinski definition) is 2. The number of rotatable bonds is 5.